The second-order valence-corrected chi connectivity index (χ2v) is 5.04. The summed E-state index contributed by atoms with van der Waals surface area (Å²) in [5.41, 5.74) is 2.06. The van der Waals surface area contributed by atoms with Gasteiger partial charge in [0.05, 0.1) is 6.54 Å². The summed E-state index contributed by atoms with van der Waals surface area (Å²) < 4.78 is 0. The summed E-state index contributed by atoms with van der Waals surface area (Å²) in [6.07, 6.45) is 1.12. The van der Waals surface area contributed by atoms with Crippen LogP contribution in [0.25, 0.3) is 0 Å². The molecule has 2 saturated heterocycles. The second kappa shape index (κ2) is 5.01. The standard InChI is InChI=1S/C14H17N3O2/c18-13-9-17(14(19)8-16-13)12-3-1-2-10(6-12)11-4-5-15-7-11/h1-3,6,11,15H,4-5,7-9H2,(H,16,18). The van der Waals surface area contributed by atoms with Gasteiger partial charge in [0.2, 0.25) is 11.8 Å². The van der Waals surface area contributed by atoms with Gasteiger partial charge in [0.15, 0.2) is 0 Å². The van der Waals surface area contributed by atoms with Gasteiger partial charge in [-0.2, -0.15) is 0 Å². The Bertz CT molecular complexity index is 509. The van der Waals surface area contributed by atoms with Gasteiger partial charge in [-0.15, -0.1) is 0 Å². The first-order valence-electron chi connectivity index (χ1n) is 6.62. The lowest BCUT2D eigenvalue weighted by molar-refractivity contribution is -0.128. The molecule has 2 amide bonds. The van der Waals surface area contributed by atoms with Crippen molar-refractivity contribution in [3.8, 4) is 0 Å². The van der Waals surface area contributed by atoms with Gasteiger partial charge in [-0.05, 0) is 36.6 Å². The molecule has 2 aliphatic heterocycles. The average Bonchev–Trinajstić information content (AvgIpc) is 2.96. The zero-order valence-corrected chi connectivity index (χ0v) is 10.7. The highest BCUT2D eigenvalue weighted by atomic mass is 16.2. The minimum atomic E-state index is -0.104. The quantitative estimate of drug-likeness (QED) is 0.799. The second-order valence-electron chi connectivity index (χ2n) is 5.04. The Morgan fingerprint density at radius 2 is 2.16 bits per heavy atom. The smallest absolute Gasteiger partial charge is 0.246 e. The maximum absolute atomic E-state index is 11.9. The van der Waals surface area contributed by atoms with Gasteiger partial charge in [0.1, 0.15) is 6.54 Å². The van der Waals surface area contributed by atoms with Crippen LogP contribution in [0.4, 0.5) is 5.69 Å². The molecule has 5 nitrogen and oxygen atoms in total. The lowest BCUT2D eigenvalue weighted by atomic mass is 9.98. The monoisotopic (exact) mass is 259 g/mol. The number of carbonyl (C=O) groups excluding carboxylic acids is 2. The molecule has 1 aromatic carbocycles. The average molecular weight is 259 g/mol. The van der Waals surface area contributed by atoms with Gasteiger partial charge in [0.25, 0.3) is 0 Å². The Hall–Kier alpha value is -1.88. The Morgan fingerprint density at radius 1 is 1.26 bits per heavy atom. The van der Waals surface area contributed by atoms with Crippen LogP contribution in [-0.2, 0) is 9.59 Å². The van der Waals surface area contributed by atoms with Crippen LogP contribution in [0.5, 0.6) is 0 Å². The van der Waals surface area contributed by atoms with E-state index >= 15 is 0 Å². The molecular formula is C14H17N3O2. The van der Waals surface area contributed by atoms with Gasteiger partial charge >= 0.3 is 0 Å². The maximum atomic E-state index is 11.9. The van der Waals surface area contributed by atoms with Crippen molar-refractivity contribution < 1.29 is 9.59 Å². The molecule has 2 N–H and O–H groups in total. The molecule has 5 heteroatoms. The molecule has 0 bridgehead atoms. The third-order valence-electron chi connectivity index (χ3n) is 3.75. The normalized spacial score (nSPS) is 23.6. The van der Waals surface area contributed by atoms with E-state index in [0.717, 1.165) is 25.2 Å². The Kier molecular flexibility index (Phi) is 3.21. The van der Waals surface area contributed by atoms with Crippen molar-refractivity contribution in [3.05, 3.63) is 29.8 Å². The summed E-state index contributed by atoms with van der Waals surface area (Å²) in [7, 11) is 0. The lowest BCUT2D eigenvalue weighted by Gasteiger charge is -2.27. The van der Waals surface area contributed by atoms with Crippen LogP contribution in [0.15, 0.2) is 24.3 Å². The summed E-state index contributed by atoms with van der Waals surface area (Å²) in [4.78, 5) is 24.9. The number of carbonyl (C=O) groups is 2. The van der Waals surface area contributed by atoms with Crippen molar-refractivity contribution in [2.45, 2.75) is 12.3 Å². The highest BCUT2D eigenvalue weighted by Crippen LogP contribution is 2.26. The highest BCUT2D eigenvalue weighted by Gasteiger charge is 2.25. The fourth-order valence-corrected chi connectivity index (χ4v) is 2.68. The van der Waals surface area contributed by atoms with E-state index < -0.39 is 0 Å². The maximum Gasteiger partial charge on any atom is 0.246 e. The van der Waals surface area contributed by atoms with Crippen LogP contribution in [0.2, 0.25) is 0 Å². The summed E-state index contributed by atoms with van der Waals surface area (Å²) >= 11 is 0. The van der Waals surface area contributed by atoms with Crippen molar-refractivity contribution in [3.63, 3.8) is 0 Å². The van der Waals surface area contributed by atoms with Crippen molar-refractivity contribution >= 4 is 17.5 Å². The van der Waals surface area contributed by atoms with Crippen molar-refractivity contribution in [2.24, 2.45) is 0 Å². The zero-order valence-electron chi connectivity index (χ0n) is 10.7. The van der Waals surface area contributed by atoms with E-state index in [2.05, 4.69) is 16.7 Å². The van der Waals surface area contributed by atoms with Gasteiger partial charge < -0.3 is 15.5 Å². The molecule has 0 aliphatic carbocycles. The molecule has 3 rings (SSSR count). The van der Waals surface area contributed by atoms with E-state index in [1.54, 1.807) is 4.90 Å². The molecule has 0 aromatic heterocycles. The molecule has 2 heterocycles. The third-order valence-corrected chi connectivity index (χ3v) is 3.75. The van der Waals surface area contributed by atoms with E-state index in [1.165, 1.54) is 5.56 Å². The fraction of sp³-hybridized carbons (Fsp3) is 0.429. The highest BCUT2D eigenvalue weighted by molar-refractivity contribution is 6.04. The number of hydrogen-bond donors (Lipinski definition) is 2. The van der Waals surface area contributed by atoms with Crippen LogP contribution in [-0.4, -0.2) is 38.0 Å². The fourth-order valence-electron chi connectivity index (χ4n) is 2.68. The zero-order chi connectivity index (χ0) is 13.2. The van der Waals surface area contributed by atoms with Crippen LogP contribution in [0.1, 0.15) is 17.9 Å². The number of benzene rings is 1. The van der Waals surface area contributed by atoms with Gasteiger partial charge in [0, 0.05) is 12.2 Å². The van der Waals surface area contributed by atoms with Crippen LogP contribution in [0, 0.1) is 0 Å². The first-order chi connectivity index (χ1) is 9.24. The summed E-state index contributed by atoms with van der Waals surface area (Å²) in [6.45, 7) is 2.23. The summed E-state index contributed by atoms with van der Waals surface area (Å²) in [6, 6.07) is 7.98. The first kappa shape index (κ1) is 12.2. The van der Waals surface area contributed by atoms with Gasteiger partial charge in [-0.3, -0.25) is 9.59 Å². The molecular weight excluding hydrogens is 242 g/mol. The topological polar surface area (TPSA) is 61.4 Å². The minimum absolute atomic E-state index is 0.0544. The van der Waals surface area contributed by atoms with Gasteiger partial charge in [-0.1, -0.05) is 12.1 Å². The SMILES string of the molecule is O=C1CN(c2cccc(C3CCNC3)c2)C(=O)CN1. The molecule has 0 saturated carbocycles. The van der Waals surface area contributed by atoms with Crippen LogP contribution in [0.3, 0.4) is 0 Å². The predicted molar refractivity (Wildman–Crippen MR) is 72.0 cm³/mol. The largest absolute Gasteiger partial charge is 0.345 e. The summed E-state index contributed by atoms with van der Waals surface area (Å²) in [5, 5.41) is 5.90. The summed E-state index contributed by atoms with van der Waals surface area (Å²) in [5.74, 6) is 0.350. The number of piperazine rings is 1. The Labute approximate surface area is 112 Å². The van der Waals surface area contributed by atoms with E-state index in [4.69, 9.17) is 0 Å². The third kappa shape index (κ3) is 2.46. The van der Waals surface area contributed by atoms with E-state index in [1.807, 2.05) is 18.2 Å². The van der Waals surface area contributed by atoms with Crippen molar-refractivity contribution in [2.75, 3.05) is 31.1 Å². The Morgan fingerprint density at radius 3 is 2.95 bits per heavy atom. The predicted octanol–water partition coefficient (Wildman–Crippen LogP) is 0.226. The molecule has 100 valence electrons. The van der Waals surface area contributed by atoms with Crippen molar-refractivity contribution in [1.29, 1.82) is 0 Å². The van der Waals surface area contributed by atoms with Gasteiger partial charge in [-0.25, -0.2) is 0 Å². The number of amides is 2. The minimum Gasteiger partial charge on any atom is -0.345 e. The molecule has 1 atom stereocenters. The molecule has 2 fully saturated rings. The van der Waals surface area contributed by atoms with Crippen molar-refractivity contribution in [1.82, 2.24) is 10.6 Å². The molecule has 0 spiro atoms. The van der Waals surface area contributed by atoms with E-state index in [0.29, 0.717) is 5.92 Å². The number of hydrogen-bond acceptors (Lipinski definition) is 3. The Balaban J connectivity index is 1.85. The number of rotatable bonds is 2. The lowest BCUT2D eigenvalue weighted by Crippen LogP contribution is -2.51. The van der Waals surface area contributed by atoms with E-state index in [-0.39, 0.29) is 24.9 Å². The molecule has 0 radical (unpaired) electrons. The number of nitrogens with one attached hydrogen (secondary N) is 2. The number of anilines is 1. The molecule has 2 aliphatic rings. The molecule has 19 heavy (non-hydrogen) atoms. The molecule has 1 unspecified atom stereocenters. The molecule has 1 aromatic rings. The number of nitrogens with zero attached hydrogens (tertiary/aromatic N) is 1. The first-order valence-corrected chi connectivity index (χ1v) is 6.62. The van der Waals surface area contributed by atoms with Crippen LogP contribution < -0.4 is 15.5 Å². The van der Waals surface area contributed by atoms with E-state index in [9.17, 15) is 9.59 Å². The van der Waals surface area contributed by atoms with Crippen LogP contribution >= 0.6 is 0 Å².